The fourth-order valence-electron chi connectivity index (χ4n) is 3.27. The van der Waals surface area contributed by atoms with Gasteiger partial charge < -0.3 is 15.4 Å². The van der Waals surface area contributed by atoms with Crippen LogP contribution in [0.4, 0.5) is 0 Å². The van der Waals surface area contributed by atoms with Crippen LogP contribution in [0.1, 0.15) is 24.5 Å². The van der Waals surface area contributed by atoms with Crippen molar-refractivity contribution < 1.29 is 14.3 Å². The lowest BCUT2D eigenvalue weighted by Gasteiger charge is -2.35. The molecule has 0 aliphatic carbocycles. The Morgan fingerprint density at radius 1 is 1.23 bits per heavy atom. The molecule has 30 heavy (non-hydrogen) atoms. The number of halogens is 1. The van der Waals surface area contributed by atoms with Crippen molar-refractivity contribution in [2.45, 2.75) is 37.2 Å². The molecule has 1 aliphatic rings. The molecule has 8 heteroatoms. The standard InChI is InChI=1S/C22H26ClN3O3S/c1-14-18(11-20(27)24-12-16-7-3-4-9-19(16)23)21(28)26-22(25-14)30-13-15-6-5-8-17(10-15)29-2/h3-10,14,18,22,25H,11-13H2,1-2H3,(H,24,27)(H,26,28). The van der Waals surface area contributed by atoms with Gasteiger partial charge in [-0.05, 0) is 36.2 Å². The minimum Gasteiger partial charge on any atom is -0.497 e. The average molecular weight is 448 g/mol. The highest BCUT2D eigenvalue weighted by Crippen LogP contribution is 2.23. The first-order valence-corrected chi connectivity index (χ1v) is 11.2. The molecule has 6 nitrogen and oxygen atoms in total. The topological polar surface area (TPSA) is 79.5 Å². The molecule has 3 N–H and O–H groups in total. The summed E-state index contributed by atoms with van der Waals surface area (Å²) in [6, 6.07) is 15.1. The van der Waals surface area contributed by atoms with Crippen LogP contribution in [0.15, 0.2) is 48.5 Å². The number of methoxy groups -OCH3 is 1. The molecule has 2 aromatic rings. The van der Waals surface area contributed by atoms with Crippen molar-refractivity contribution in [3.63, 3.8) is 0 Å². The van der Waals surface area contributed by atoms with Crippen molar-refractivity contribution in [1.29, 1.82) is 0 Å². The summed E-state index contributed by atoms with van der Waals surface area (Å²) in [6.07, 6.45) is 0.123. The highest BCUT2D eigenvalue weighted by Gasteiger charge is 2.34. The Morgan fingerprint density at radius 3 is 2.77 bits per heavy atom. The number of carbonyl (C=O) groups is 2. The molecule has 1 saturated heterocycles. The number of amides is 2. The van der Waals surface area contributed by atoms with E-state index in [0.717, 1.165) is 22.6 Å². The maximum atomic E-state index is 12.6. The molecule has 0 spiro atoms. The molecule has 3 atom stereocenters. The normalized spacial score (nSPS) is 21.0. The summed E-state index contributed by atoms with van der Waals surface area (Å²) < 4.78 is 5.25. The fourth-order valence-corrected chi connectivity index (χ4v) is 4.52. The average Bonchev–Trinajstić information content (AvgIpc) is 2.74. The first-order chi connectivity index (χ1) is 14.5. The number of ether oxygens (including phenoxy) is 1. The van der Waals surface area contributed by atoms with Crippen LogP contribution >= 0.6 is 23.4 Å². The third-order valence-electron chi connectivity index (χ3n) is 5.02. The maximum absolute atomic E-state index is 12.6. The van der Waals surface area contributed by atoms with E-state index in [2.05, 4.69) is 16.0 Å². The number of thioether (sulfide) groups is 1. The lowest BCUT2D eigenvalue weighted by atomic mass is 9.94. The van der Waals surface area contributed by atoms with E-state index >= 15 is 0 Å². The Bertz CT molecular complexity index is 895. The summed E-state index contributed by atoms with van der Waals surface area (Å²) in [7, 11) is 1.64. The Balaban J connectivity index is 1.47. The van der Waals surface area contributed by atoms with Gasteiger partial charge in [-0.2, -0.15) is 0 Å². The van der Waals surface area contributed by atoms with Gasteiger partial charge in [0.15, 0.2) is 0 Å². The van der Waals surface area contributed by atoms with Gasteiger partial charge in [-0.1, -0.05) is 41.9 Å². The van der Waals surface area contributed by atoms with Crippen LogP contribution in [-0.2, 0) is 21.9 Å². The monoisotopic (exact) mass is 447 g/mol. The summed E-state index contributed by atoms with van der Waals surface area (Å²) in [5.74, 6) is 0.823. The molecule has 0 radical (unpaired) electrons. The van der Waals surface area contributed by atoms with Crippen molar-refractivity contribution >= 4 is 35.2 Å². The quantitative estimate of drug-likeness (QED) is 0.578. The van der Waals surface area contributed by atoms with Crippen LogP contribution in [0, 0.1) is 5.92 Å². The predicted molar refractivity (Wildman–Crippen MR) is 120 cm³/mol. The fraction of sp³-hybridized carbons (Fsp3) is 0.364. The Hall–Kier alpha value is -2.22. The molecular weight excluding hydrogens is 422 g/mol. The molecular formula is C22H26ClN3O3S. The van der Waals surface area contributed by atoms with Gasteiger partial charge in [0.25, 0.3) is 0 Å². The second-order valence-electron chi connectivity index (χ2n) is 7.19. The number of carbonyl (C=O) groups excluding carboxylic acids is 2. The van der Waals surface area contributed by atoms with E-state index in [-0.39, 0.29) is 29.8 Å². The van der Waals surface area contributed by atoms with E-state index in [9.17, 15) is 9.59 Å². The van der Waals surface area contributed by atoms with Crippen molar-refractivity contribution in [3.8, 4) is 5.75 Å². The van der Waals surface area contributed by atoms with Crippen LogP contribution in [0.2, 0.25) is 5.02 Å². The summed E-state index contributed by atoms with van der Waals surface area (Å²) in [5.41, 5.74) is 1.76. The molecule has 3 unspecified atom stereocenters. The number of nitrogens with one attached hydrogen (secondary N) is 3. The molecule has 1 aliphatic heterocycles. The van der Waals surface area contributed by atoms with E-state index < -0.39 is 5.92 Å². The minimum atomic E-state index is -0.426. The van der Waals surface area contributed by atoms with Crippen LogP contribution < -0.4 is 20.7 Å². The predicted octanol–water partition coefficient (Wildman–Crippen LogP) is 3.30. The van der Waals surface area contributed by atoms with Crippen molar-refractivity contribution in [1.82, 2.24) is 16.0 Å². The summed E-state index contributed by atoms with van der Waals surface area (Å²) in [6.45, 7) is 2.28. The van der Waals surface area contributed by atoms with Crippen LogP contribution in [0.3, 0.4) is 0 Å². The molecule has 160 valence electrons. The Kier molecular flexibility index (Phi) is 8.01. The molecule has 2 aromatic carbocycles. The highest BCUT2D eigenvalue weighted by atomic mass is 35.5. The lowest BCUT2D eigenvalue weighted by Crippen LogP contribution is -2.59. The highest BCUT2D eigenvalue weighted by molar-refractivity contribution is 7.99. The van der Waals surface area contributed by atoms with E-state index in [1.165, 1.54) is 0 Å². The smallest absolute Gasteiger partial charge is 0.227 e. The molecule has 2 amide bonds. The van der Waals surface area contributed by atoms with Gasteiger partial charge in [0, 0.05) is 29.8 Å². The first kappa shape index (κ1) is 22.5. The van der Waals surface area contributed by atoms with Crippen molar-refractivity contribution in [2.24, 2.45) is 5.92 Å². The molecule has 0 saturated carbocycles. The van der Waals surface area contributed by atoms with Gasteiger partial charge in [0.1, 0.15) is 11.2 Å². The first-order valence-electron chi connectivity index (χ1n) is 9.77. The molecule has 3 rings (SSSR count). The molecule has 1 heterocycles. The largest absolute Gasteiger partial charge is 0.497 e. The van der Waals surface area contributed by atoms with Gasteiger partial charge in [0.05, 0.1) is 13.0 Å². The summed E-state index contributed by atoms with van der Waals surface area (Å²) in [5, 5.41) is 9.81. The molecule has 1 fully saturated rings. The summed E-state index contributed by atoms with van der Waals surface area (Å²) in [4.78, 5) is 25.0. The van der Waals surface area contributed by atoms with E-state index in [1.54, 1.807) is 24.9 Å². The zero-order valence-corrected chi connectivity index (χ0v) is 18.6. The van der Waals surface area contributed by atoms with E-state index in [0.29, 0.717) is 11.6 Å². The van der Waals surface area contributed by atoms with Gasteiger partial charge in [-0.25, -0.2) is 0 Å². The van der Waals surface area contributed by atoms with E-state index in [1.807, 2.05) is 49.4 Å². The Morgan fingerprint density at radius 2 is 2.03 bits per heavy atom. The van der Waals surface area contributed by atoms with Crippen molar-refractivity contribution in [2.75, 3.05) is 7.11 Å². The van der Waals surface area contributed by atoms with Crippen LogP contribution in [0.5, 0.6) is 5.75 Å². The number of benzene rings is 2. The van der Waals surface area contributed by atoms with Gasteiger partial charge in [-0.15, -0.1) is 11.8 Å². The van der Waals surface area contributed by atoms with Crippen molar-refractivity contribution in [3.05, 3.63) is 64.7 Å². The van der Waals surface area contributed by atoms with E-state index in [4.69, 9.17) is 16.3 Å². The SMILES string of the molecule is COc1cccc(CSC2NC(=O)C(CC(=O)NCc3ccccc3Cl)C(C)N2)c1. The minimum absolute atomic E-state index is 0.114. The van der Waals surface area contributed by atoms with Crippen LogP contribution in [-0.4, -0.2) is 30.5 Å². The molecule has 0 bridgehead atoms. The third kappa shape index (κ3) is 6.14. The zero-order valence-electron chi connectivity index (χ0n) is 17.0. The zero-order chi connectivity index (χ0) is 21.5. The number of hydrogen-bond donors (Lipinski definition) is 3. The summed E-state index contributed by atoms with van der Waals surface area (Å²) >= 11 is 7.71. The second-order valence-corrected chi connectivity index (χ2v) is 8.69. The van der Waals surface area contributed by atoms with Crippen LogP contribution in [0.25, 0.3) is 0 Å². The number of rotatable bonds is 8. The number of hydrogen-bond acceptors (Lipinski definition) is 5. The lowest BCUT2D eigenvalue weighted by molar-refractivity contribution is -0.133. The maximum Gasteiger partial charge on any atom is 0.227 e. The third-order valence-corrected chi connectivity index (χ3v) is 6.47. The van der Waals surface area contributed by atoms with Gasteiger partial charge >= 0.3 is 0 Å². The molecule has 0 aromatic heterocycles. The Labute approximate surface area is 186 Å². The van der Waals surface area contributed by atoms with Gasteiger partial charge in [-0.3, -0.25) is 14.9 Å². The van der Waals surface area contributed by atoms with Gasteiger partial charge in [0.2, 0.25) is 11.8 Å². The second kappa shape index (κ2) is 10.7.